The van der Waals surface area contributed by atoms with Gasteiger partial charge >= 0.3 is 0 Å². The first-order valence-corrected chi connectivity index (χ1v) is 6.75. The van der Waals surface area contributed by atoms with Gasteiger partial charge in [0.2, 0.25) is 0 Å². The lowest BCUT2D eigenvalue weighted by Gasteiger charge is -2.11. The molecule has 0 amide bonds. The van der Waals surface area contributed by atoms with Crippen LogP contribution in [0.2, 0.25) is 0 Å². The summed E-state index contributed by atoms with van der Waals surface area (Å²) in [5, 5.41) is 20.2. The second-order valence-electron chi connectivity index (χ2n) is 4.75. The Morgan fingerprint density at radius 2 is 1.73 bits per heavy atom. The molecule has 4 heteroatoms. The highest BCUT2D eigenvalue weighted by Gasteiger charge is 2.03. The first-order chi connectivity index (χ1) is 10.6. The first-order valence-electron chi connectivity index (χ1n) is 6.75. The molecule has 0 saturated carbocycles. The molecule has 0 spiro atoms. The van der Waals surface area contributed by atoms with Gasteiger partial charge in [0.05, 0.1) is 0 Å². The Balaban J connectivity index is 2.10. The number of nitrogens with zero attached hydrogens (tertiary/aromatic N) is 2. The Morgan fingerprint density at radius 1 is 1.05 bits per heavy atom. The maximum absolute atomic E-state index is 8.66. The SMILES string of the molecule is Cc1cccc(Oc2ccc(NC=C(C#N)C#N)cc2)c1C. The summed E-state index contributed by atoms with van der Waals surface area (Å²) in [5.74, 6) is 1.56. The Labute approximate surface area is 129 Å². The molecule has 108 valence electrons. The number of nitrogens with one attached hydrogen (secondary N) is 1. The van der Waals surface area contributed by atoms with Crippen LogP contribution in [0.3, 0.4) is 0 Å². The van der Waals surface area contributed by atoms with Gasteiger partial charge in [-0.2, -0.15) is 10.5 Å². The van der Waals surface area contributed by atoms with Crippen LogP contribution in [-0.2, 0) is 0 Å². The maximum Gasteiger partial charge on any atom is 0.145 e. The van der Waals surface area contributed by atoms with E-state index in [0.717, 1.165) is 22.7 Å². The molecule has 0 aromatic heterocycles. The number of hydrogen-bond acceptors (Lipinski definition) is 4. The van der Waals surface area contributed by atoms with Crippen molar-refractivity contribution in [3.63, 3.8) is 0 Å². The molecule has 0 fully saturated rings. The Morgan fingerprint density at radius 3 is 2.36 bits per heavy atom. The quantitative estimate of drug-likeness (QED) is 0.845. The fraction of sp³-hybridized carbons (Fsp3) is 0.111. The normalized spacial score (nSPS) is 9.27. The molecule has 0 saturated heterocycles. The summed E-state index contributed by atoms with van der Waals surface area (Å²) in [4.78, 5) is 0. The van der Waals surface area contributed by atoms with Crippen molar-refractivity contribution >= 4 is 5.69 Å². The van der Waals surface area contributed by atoms with Gasteiger partial charge in [-0.25, -0.2) is 0 Å². The van der Waals surface area contributed by atoms with Crippen molar-refractivity contribution in [1.82, 2.24) is 0 Å². The minimum atomic E-state index is 0.0238. The van der Waals surface area contributed by atoms with E-state index in [2.05, 4.69) is 5.32 Å². The summed E-state index contributed by atoms with van der Waals surface area (Å²) in [5.41, 5.74) is 3.09. The molecule has 2 aromatic carbocycles. The molecule has 4 nitrogen and oxygen atoms in total. The molecule has 0 bridgehead atoms. The third-order valence-electron chi connectivity index (χ3n) is 3.26. The molecule has 0 atom stereocenters. The lowest BCUT2D eigenvalue weighted by atomic mass is 10.1. The number of rotatable bonds is 4. The number of hydrogen-bond donors (Lipinski definition) is 1. The van der Waals surface area contributed by atoms with Crippen molar-refractivity contribution in [1.29, 1.82) is 10.5 Å². The molecular weight excluding hydrogens is 274 g/mol. The number of anilines is 1. The van der Waals surface area contributed by atoms with Crippen molar-refractivity contribution < 1.29 is 4.74 Å². The van der Waals surface area contributed by atoms with Crippen LogP contribution in [0.15, 0.2) is 54.2 Å². The molecule has 0 aliphatic rings. The summed E-state index contributed by atoms with van der Waals surface area (Å²) in [6, 6.07) is 16.8. The monoisotopic (exact) mass is 289 g/mol. The largest absolute Gasteiger partial charge is 0.457 e. The van der Waals surface area contributed by atoms with Gasteiger partial charge in [-0.15, -0.1) is 0 Å². The highest BCUT2D eigenvalue weighted by Crippen LogP contribution is 2.27. The first kappa shape index (κ1) is 15.2. The van der Waals surface area contributed by atoms with Gasteiger partial charge in [0.15, 0.2) is 0 Å². The molecule has 2 aromatic rings. The van der Waals surface area contributed by atoms with Crippen LogP contribution in [0.4, 0.5) is 5.69 Å². The number of allylic oxidation sites excluding steroid dienone is 1. The molecule has 0 heterocycles. The number of ether oxygens (including phenoxy) is 1. The minimum absolute atomic E-state index is 0.0238. The fourth-order valence-electron chi connectivity index (χ4n) is 1.83. The van der Waals surface area contributed by atoms with Crippen LogP contribution in [0, 0.1) is 36.5 Å². The van der Waals surface area contributed by atoms with E-state index in [1.807, 2.05) is 56.3 Å². The highest BCUT2D eigenvalue weighted by atomic mass is 16.5. The second-order valence-corrected chi connectivity index (χ2v) is 4.75. The number of nitriles is 2. The van der Waals surface area contributed by atoms with Crippen molar-refractivity contribution in [3.8, 4) is 23.6 Å². The lowest BCUT2D eigenvalue weighted by Crippen LogP contribution is -1.92. The van der Waals surface area contributed by atoms with Crippen molar-refractivity contribution in [2.45, 2.75) is 13.8 Å². The standard InChI is InChI=1S/C18H15N3O/c1-13-4-3-5-18(14(13)2)22-17-8-6-16(7-9-17)21-12-15(10-19)11-20/h3-9,12,21H,1-2H3. The van der Waals surface area contributed by atoms with Crippen molar-refractivity contribution in [3.05, 3.63) is 65.4 Å². The van der Waals surface area contributed by atoms with Crippen LogP contribution < -0.4 is 10.1 Å². The summed E-state index contributed by atoms with van der Waals surface area (Å²) in [6.07, 6.45) is 1.38. The van der Waals surface area contributed by atoms with Gasteiger partial charge < -0.3 is 10.1 Å². The van der Waals surface area contributed by atoms with Gasteiger partial charge in [0, 0.05) is 11.9 Å². The molecule has 1 N–H and O–H groups in total. The van der Waals surface area contributed by atoms with Crippen LogP contribution >= 0.6 is 0 Å². The van der Waals surface area contributed by atoms with E-state index >= 15 is 0 Å². The topological polar surface area (TPSA) is 68.8 Å². The predicted octanol–water partition coefficient (Wildman–Crippen LogP) is 4.44. The maximum atomic E-state index is 8.66. The zero-order chi connectivity index (χ0) is 15.9. The molecule has 0 radical (unpaired) electrons. The minimum Gasteiger partial charge on any atom is -0.457 e. The lowest BCUT2D eigenvalue weighted by molar-refractivity contribution is 0.478. The van der Waals surface area contributed by atoms with E-state index in [1.54, 1.807) is 12.1 Å². The predicted molar refractivity (Wildman–Crippen MR) is 85.4 cm³/mol. The molecule has 2 rings (SSSR count). The van der Waals surface area contributed by atoms with Gasteiger partial charge in [-0.3, -0.25) is 0 Å². The zero-order valence-electron chi connectivity index (χ0n) is 12.4. The van der Waals surface area contributed by atoms with Gasteiger partial charge in [0.25, 0.3) is 0 Å². The average molecular weight is 289 g/mol. The highest BCUT2D eigenvalue weighted by molar-refractivity contribution is 5.52. The molecule has 0 aliphatic heterocycles. The van der Waals surface area contributed by atoms with E-state index in [1.165, 1.54) is 11.8 Å². The molecule has 0 aliphatic carbocycles. The van der Waals surface area contributed by atoms with E-state index in [9.17, 15) is 0 Å². The fourth-order valence-corrected chi connectivity index (χ4v) is 1.83. The number of aryl methyl sites for hydroxylation is 1. The van der Waals surface area contributed by atoms with Crippen LogP contribution in [-0.4, -0.2) is 0 Å². The van der Waals surface area contributed by atoms with Crippen molar-refractivity contribution in [2.24, 2.45) is 0 Å². The van der Waals surface area contributed by atoms with E-state index in [-0.39, 0.29) is 5.57 Å². The Kier molecular flexibility index (Phi) is 4.80. The van der Waals surface area contributed by atoms with E-state index in [4.69, 9.17) is 15.3 Å². The Bertz CT molecular complexity index is 761. The zero-order valence-corrected chi connectivity index (χ0v) is 12.4. The van der Waals surface area contributed by atoms with E-state index < -0.39 is 0 Å². The molecule has 22 heavy (non-hydrogen) atoms. The summed E-state index contributed by atoms with van der Waals surface area (Å²) >= 11 is 0. The smallest absolute Gasteiger partial charge is 0.145 e. The van der Waals surface area contributed by atoms with Gasteiger partial charge in [-0.1, -0.05) is 12.1 Å². The third-order valence-corrected chi connectivity index (χ3v) is 3.26. The van der Waals surface area contributed by atoms with Crippen LogP contribution in [0.5, 0.6) is 11.5 Å². The van der Waals surface area contributed by atoms with Crippen LogP contribution in [0.1, 0.15) is 11.1 Å². The summed E-state index contributed by atoms with van der Waals surface area (Å²) in [7, 11) is 0. The Hall–Kier alpha value is -3.24. The van der Waals surface area contributed by atoms with Gasteiger partial charge in [-0.05, 0) is 55.3 Å². The van der Waals surface area contributed by atoms with E-state index in [0.29, 0.717) is 0 Å². The van der Waals surface area contributed by atoms with Crippen molar-refractivity contribution in [2.75, 3.05) is 5.32 Å². The molecular formula is C18H15N3O. The molecule has 0 unspecified atom stereocenters. The summed E-state index contributed by atoms with van der Waals surface area (Å²) < 4.78 is 5.87. The average Bonchev–Trinajstić information content (AvgIpc) is 2.54. The second kappa shape index (κ2) is 6.97. The van der Waals surface area contributed by atoms with Crippen LogP contribution in [0.25, 0.3) is 0 Å². The van der Waals surface area contributed by atoms with Gasteiger partial charge in [0.1, 0.15) is 29.2 Å². The third kappa shape index (κ3) is 3.65. The number of benzene rings is 2. The summed E-state index contributed by atoms with van der Waals surface area (Å²) in [6.45, 7) is 4.07.